The van der Waals surface area contributed by atoms with Crippen LogP contribution in [0.2, 0.25) is 0 Å². The van der Waals surface area contributed by atoms with Crippen LogP contribution < -0.4 is 4.74 Å². The number of aromatic nitrogens is 3. The van der Waals surface area contributed by atoms with Crippen LogP contribution in [0.1, 0.15) is 10.7 Å². The lowest BCUT2D eigenvalue weighted by atomic mass is 10.1. The molecule has 24 heavy (non-hydrogen) atoms. The van der Waals surface area contributed by atoms with Crippen molar-refractivity contribution in [1.82, 2.24) is 15.0 Å². The highest BCUT2D eigenvalue weighted by atomic mass is 32.1. The molecule has 0 aliphatic rings. The minimum atomic E-state index is 0.469. The Labute approximate surface area is 143 Å². The van der Waals surface area contributed by atoms with Gasteiger partial charge >= 0.3 is 0 Å². The number of benzene rings is 2. The van der Waals surface area contributed by atoms with Crippen molar-refractivity contribution in [2.45, 2.75) is 13.5 Å². The average molecular weight is 333 g/mol. The van der Waals surface area contributed by atoms with Gasteiger partial charge in [-0.15, -0.1) is 11.3 Å². The van der Waals surface area contributed by atoms with Crippen molar-refractivity contribution < 1.29 is 4.74 Å². The monoisotopic (exact) mass is 333 g/mol. The van der Waals surface area contributed by atoms with E-state index in [0.29, 0.717) is 6.61 Å². The molecule has 0 fully saturated rings. The maximum absolute atomic E-state index is 5.85. The molecule has 0 unspecified atom stereocenters. The number of nitrogens with zero attached hydrogens (tertiary/aromatic N) is 3. The Kier molecular flexibility index (Phi) is 3.92. The van der Waals surface area contributed by atoms with Crippen molar-refractivity contribution in [3.05, 3.63) is 70.8 Å². The Morgan fingerprint density at radius 1 is 1.00 bits per heavy atom. The second kappa shape index (κ2) is 6.37. The van der Waals surface area contributed by atoms with Crippen molar-refractivity contribution in [3.63, 3.8) is 0 Å². The number of para-hydroxylation sites is 2. The quantitative estimate of drug-likeness (QED) is 0.546. The topological polar surface area (TPSA) is 47.9 Å². The Balaban J connectivity index is 1.58. The van der Waals surface area contributed by atoms with Crippen molar-refractivity contribution in [2.24, 2.45) is 0 Å². The molecule has 0 atom stereocenters. The molecule has 118 valence electrons. The van der Waals surface area contributed by atoms with Gasteiger partial charge in [-0.3, -0.25) is 4.98 Å². The van der Waals surface area contributed by atoms with E-state index in [2.05, 4.69) is 15.0 Å². The summed E-state index contributed by atoms with van der Waals surface area (Å²) in [6, 6.07) is 15.8. The zero-order valence-electron chi connectivity index (χ0n) is 13.1. The van der Waals surface area contributed by atoms with Gasteiger partial charge in [0.25, 0.3) is 0 Å². The molecule has 0 saturated heterocycles. The van der Waals surface area contributed by atoms with Crippen molar-refractivity contribution in [2.75, 3.05) is 0 Å². The van der Waals surface area contributed by atoms with Gasteiger partial charge in [0.2, 0.25) is 0 Å². The smallest absolute Gasteiger partial charge is 0.131 e. The second-order valence-corrected chi connectivity index (χ2v) is 6.48. The summed E-state index contributed by atoms with van der Waals surface area (Å²) in [5.41, 5.74) is 4.56. The molecule has 0 N–H and O–H groups in total. The molecule has 2 aromatic heterocycles. The van der Waals surface area contributed by atoms with Crippen LogP contribution in [-0.2, 0) is 6.61 Å². The first-order valence-electron chi connectivity index (χ1n) is 7.64. The molecule has 2 heterocycles. The fourth-order valence-electron chi connectivity index (χ4n) is 2.47. The number of thiazole rings is 1. The van der Waals surface area contributed by atoms with Crippen LogP contribution in [-0.4, -0.2) is 15.0 Å². The minimum Gasteiger partial charge on any atom is -0.487 e. The first-order valence-corrected chi connectivity index (χ1v) is 8.52. The van der Waals surface area contributed by atoms with Crippen molar-refractivity contribution in [3.8, 4) is 17.0 Å². The third-order valence-electron chi connectivity index (χ3n) is 3.63. The minimum absolute atomic E-state index is 0.469. The fourth-order valence-corrected chi connectivity index (χ4v) is 3.07. The fraction of sp³-hybridized carbons (Fsp3) is 0.105. The van der Waals surface area contributed by atoms with E-state index in [0.717, 1.165) is 38.7 Å². The zero-order chi connectivity index (χ0) is 16.4. The summed E-state index contributed by atoms with van der Waals surface area (Å²) in [4.78, 5) is 13.6. The Morgan fingerprint density at radius 2 is 1.88 bits per heavy atom. The predicted molar refractivity (Wildman–Crippen MR) is 96.2 cm³/mol. The number of hydrogen-bond acceptors (Lipinski definition) is 5. The summed E-state index contributed by atoms with van der Waals surface area (Å²) >= 11 is 1.63. The summed E-state index contributed by atoms with van der Waals surface area (Å²) < 4.78 is 5.85. The molecule has 0 radical (unpaired) electrons. The van der Waals surface area contributed by atoms with E-state index in [1.807, 2.05) is 60.8 Å². The number of hydrogen-bond donors (Lipinski definition) is 0. The van der Waals surface area contributed by atoms with Crippen LogP contribution in [0.5, 0.6) is 5.75 Å². The van der Waals surface area contributed by atoms with Crippen LogP contribution in [0, 0.1) is 6.92 Å². The molecular weight excluding hydrogens is 318 g/mol. The second-order valence-electron chi connectivity index (χ2n) is 5.42. The van der Waals surface area contributed by atoms with Crippen LogP contribution >= 0.6 is 11.3 Å². The molecule has 0 amide bonds. The lowest BCUT2D eigenvalue weighted by Crippen LogP contribution is -1.96. The Bertz CT molecular complexity index is 997. The Hall–Kier alpha value is -2.79. The van der Waals surface area contributed by atoms with Gasteiger partial charge in [-0.05, 0) is 31.2 Å². The molecule has 2 aromatic carbocycles. The van der Waals surface area contributed by atoms with Gasteiger partial charge in [0.1, 0.15) is 12.4 Å². The summed E-state index contributed by atoms with van der Waals surface area (Å²) in [7, 11) is 0. The zero-order valence-corrected chi connectivity index (χ0v) is 14.0. The molecule has 5 heteroatoms. The van der Waals surface area contributed by atoms with Crippen LogP contribution in [0.15, 0.2) is 60.1 Å². The molecule has 0 spiro atoms. The number of aryl methyl sites for hydroxylation is 1. The first kappa shape index (κ1) is 14.8. The lowest BCUT2D eigenvalue weighted by Gasteiger charge is -2.07. The molecule has 4 aromatic rings. The van der Waals surface area contributed by atoms with Gasteiger partial charge in [0.15, 0.2) is 0 Å². The lowest BCUT2D eigenvalue weighted by molar-refractivity contribution is 0.302. The van der Waals surface area contributed by atoms with Gasteiger partial charge in [0.05, 0.1) is 33.6 Å². The molecule has 0 bridgehead atoms. The number of ether oxygens (including phenoxy) is 1. The average Bonchev–Trinajstić information content (AvgIpc) is 3.05. The highest BCUT2D eigenvalue weighted by Crippen LogP contribution is 2.24. The normalized spacial score (nSPS) is 10.9. The maximum atomic E-state index is 5.85. The van der Waals surface area contributed by atoms with E-state index in [4.69, 9.17) is 4.74 Å². The molecule has 0 saturated carbocycles. The van der Waals surface area contributed by atoms with Crippen LogP contribution in [0.3, 0.4) is 0 Å². The van der Waals surface area contributed by atoms with Crippen molar-refractivity contribution in [1.29, 1.82) is 0 Å². The van der Waals surface area contributed by atoms with E-state index in [1.54, 1.807) is 17.5 Å². The first-order chi connectivity index (χ1) is 11.8. The van der Waals surface area contributed by atoms with Crippen LogP contribution in [0.4, 0.5) is 0 Å². The van der Waals surface area contributed by atoms with E-state index >= 15 is 0 Å². The summed E-state index contributed by atoms with van der Waals surface area (Å²) in [5.74, 6) is 0.799. The van der Waals surface area contributed by atoms with Gasteiger partial charge in [-0.2, -0.15) is 0 Å². The molecule has 0 aliphatic carbocycles. The number of fused-ring (bicyclic) bond motifs is 1. The van der Waals surface area contributed by atoms with Gasteiger partial charge < -0.3 is 4.74 Å². The van der Waals surface area contributed by atoms with Crippen LogP contribution in [0.25, 0.3) is 22.3 Å². The van der Waals surface area contributed by atoms with Gasteiger partial charge in [-0.1, -0.05) is 24.3 Å². The summed E-state index contributed by atoms with van der Waals surface area (Å²) in [5, 5.41) is 3.07. The third kappa shape index (κ3) is 3.12. The molecule has 0 aliphatic heterocycles. The molecule has 4 rings (SSSR count). The predicted octanol–water partition coefficient (Wildman–Crippen LogP) is 4.64. The maximum Gasteiger partial charge on any atom is 0.131 e. The van der Waals surface area contributed by atoms with E-state index in [-0.39, 0.29) is 0 Å². The van der Waals surface area contributed by atoms with Gasteiger partial charge in [-0.25, -0.2) is 9.97 Å². The summed E-state index contributed by atoms with van der Waals surface area (Å²) in [6.07, 6.45) is 1.80. The summed E-state index contributed by atoms with van der Waals surface area (Å²) in [6.45, 7) is 2.46. The number of rotatable bonds is 4. The molecular formula is C19H15N3OS. The molecule has 4 nitrogen and oxygen atoms in total. The largest absolute Gasteiger partial charge is 0.487 e. The van der Waals surface area contributed by atoms with E-state index in [1.165, 1.54) is 0 Å². The third-order valence-corrected chi connectivity index (χ3v) is 4.45. The highest BCUT2D eigenvalue weighted by Gasteiger charge is 2.05. The van der Waals surface area contributed by atoms with E-state index in [9.17, 15) is 0 Å². The highest BCUT2D eigenvalue weighted by molar-refractivity contribution is 7.09. The van der Waals surface area contributed by atoms with Crippen molar-refractivity contribution >= 4 is 22.4 Å². The van der Waals surface area contributed by atoms with Gasteiger partial charge in [0, 0.05) is 10.9 Å². The van der Waals surface area contributed by atoms with E-state index < -0.39 is 0 Å². The SMILES string of the molecule is Cc1nc(COc2cccc(-c3cnc4ccccc4n3)c2)cs1. The Morgan fingerprint density at radius 3 is 2.71 bits per heavy atom. The standard InChI is InChI=1S/C19H15N3OS/c1-13-21-15(12-24-13)11-23-16-6-4-5-14(9-16)19-10-20-17-7-2-3-8-18(17)22-19/h2-10,12H,11H2,1H3.